The fourth-order valence-electron chi connectivity index (χ4n) is 1.61. The summed E-state index contributed by atoms with van der Waals surface area (Å²) in [6.45, 7) is 0.507. The lowest BCUT2D eigenvalue weighted by atomic mass is 10.1. The second-order valence-electron chi connectivity index (χ2n) is 3.51. The zero-order valence-corrected chi connectivity index (χ0v) is 9.16. The number of halogens is 3. The van der Waals surface area contributed by atoms with E-state index in [0.29, 0.717) is 17.7 Å². The van der Waals surface area contributed by atoms with E-state index in [0.717, 1.165) is 17.0 Å². The molecule has 0 radical (unpaired) electrons. The maximum Gasteiger partial charge on any atom is 0.416 e. The minimum Gasteiger partial charge on any atom is -0.330 e. The lowest BCUT2D eigenvalue weighted by Crippen LogP contribution is -2.04. The van der Waals surface area contributed by atoms with Gasteiger partial charge in [0.1, 0.15) is 0 Å². The standard InChI is InChI=1S/C11H10F3NS/c12-11(13,14)8-1-2-9-7(3-4-15)6-16-10(9)5-8/h1-2,5-6H,3-4,15H2. The van der Waals surface area contributed by atoms with Gasteiger partial charge in [-0.15, -0.1) is 11.3 Å². The Kier molecular flexibility index (Phi) is 2.90. The first kappa shape index (κ1) is 11.4. The molecule has 16 heavy (non-hydrogen) atoms. The third-order valence-corrected chi connectivity index (χ3v) is 3.39. The van der Waals surface area contributed by atoms with Crippen molar-refractivity contribution in [1.29, 1.82) is 0 Å². The molecule has 0 unspecified atom stereocenters. The molecular weight excluding hydrogens is 235 g/mol. The maximum atomic E-state index is 12.5. The second-order valence-corrected chi connectivity index (χ2v) is 4.42. The summed E-state index contributed by atoms with van der Waals surface area (Å²) < 4.78 is 38.0. The lowest BCUT2D eigenvalue weighted by molar-refractivity contribution is -0.137. The lowest BCUT2D eigenvalue weighted by Gasteiger charge is -2.06. The highest BCUT2D eigenvalue weighted by atomic mass is 32.1. The van der Waals surface area contributed by atoms with Crippen molar-refractivity contribution in [2.75, 3.05) is 6.54 Å². The fraction of sp³-hybridized carbons (Fsp3) is 0.273. The van der Waals surface area contributed by atoms with E-state index in [9.17, 15) is 13.2 Å². The molecule has 2 rings (SSSR count). The Balaban J connectivity index is 2.49. The summed E-state index contributed by atoms with van der Waals surface area (Å²) in [6.07, 6.45) is -3.57. The molecule has 0 spiro atoms. The summed E-state index contributed by atoms with van der Waals surface area (Å²) in [5, 5.41) is 2.75. The quantitative estimate of drug-likeness (QED) is 0.862. The molecule has 0 fully saturated rings. The third-order valence-electron chi connectivity index (χ3n) is 2.40. The highest BCUT2D eigenvalue weighted by Gasteiger charge is 2.30. The first-order valence-electron chi connectivity index (χ1n) is 4.80. The first-order valence-corrected chi connectivity index (χ1v) is 5.67. The molecule has 86 valence electrons. The summed E-state index contributed by atoms with van der Waals surface area (Å²) in [5.41, 5.74) is 5.86. The summed E-state index contributed by atoms with van der Waals surface area (Å²) in [5.74, 6) is 0. The molecule has 5 heteroatoms. The van der Waals surface area contributed by atoms with Crippen LogP contribution in [0, 0.1) is 0 Å². The summed E-state index contributed by atoms with van der Waals surface area (Å²) in [6, 6.07) is 3.84. The number of thiophene rings is 1. The van der Waals surface area contributed by atoms with Gasteiger partial charge >= 0.3 is 6.18 Å². The molecular formula is C11H10F3NS. The Morgan fingerprint density at radius 1 is 1.25 bits per heavy atom. The number of nitrogens with two attached hydrogens (primary N) is 1. The monoisotopic (exact) mass is 245 g/mol. The van der Waals surface area contributed by atoms with Crippen LogP contribution in [0.3, 0.4) is 0 Å². The Hall–Kier alpha value is -1.07. The Labute approximate surface area is 94.7 Å². The van der Waals surface area contributed by atoms with E-state index in [1.807, 2.05) is 5.38 Å². The van der Waals surface area contributed by atoms with Gasteiger partial charge in [0.2, 0.25) is 0 Å². The van der Waals surface area contributed by atoms with Crippen LogP contribution < -0.4 is 5.73 Å². The van der Waals surface area contributed by atoms with Crippen LogP contribution in [0.2, 0.25) is 0 Å². The van der Waals surface area contributed by atoms with E-state index in [1.165, 1.54) is 23.5 Å². The molecule has 0 aliphatic rings. The summed E-state index contributed by atoms with van der Waals surface area (Å²) >= 11 is 1.33. The van der Waals surface area contributed by atoms with Crippen LogP contribution in [0.4, 0.5) is 13.2 Å². The van der Waals surface area contributed by atoms with Gasteiger partial charge in [-0.3, -0.25) is 0 Å². The predicted octanol–water partition coefficient (Wildman–Crippen LogP) is 3.42. The van der Waals surface area contributed by atoms with E-state index in [4.69, 9.17) is 5.73 Å². The molecule has 0 aliphatic carbocycles. The van der Waals surface area contributed by atoms with E-state index in [1.54, 1.807) is 0 Å². The fourth-order valence-corrected chi connectivity index (χ4v) is 2.64. The molecule has 1 nitrogen and oxygen atoms in total. The number of hydrogen-bond acceptors (Lipinski definition) is 2. The molecule has 0 bridgehead atoms. The highest BCUT2D eigenvalue weighted by molar-refractivity contribution is 7.17. The molecule has 1 aromatic heterocycles. The molecule has 2 aromatic rings. The predicted molar refractivity (Wildman–Crippen MR) is 59.6 cm³/mol. The zero-order chi connectivity index (χ0) is 11.8. The average molecular weight is 245 g/mol. The van der Waals surface area contributed by atoms with Crippen LogP contribution in [0.25, 0.3) is 10.1 Å². The van der Waals surface area contributed by atoms with Crippen LogP contribution >= 0.6 is 11.3 Å². The molecule has 0 aliphatic heterocycles. The van der Waals surface area contributed by atoms with E-state index >= 15 is 0 Å². The van der Waals surface area contributed by atoms with E-state index in [-0.39, 0.29) is 0 Å². The normalized spacial score (nSPS) is 12.2. The summed E-state index contributed by atoms with van der Waals surface area (Å²) in [4.78, 5) is 0. The second kappa shape index (κ2) is 4.07. The van der Waals surface area contributed by atoms with Gasteiger partial charge in [-0.2, -0.15) is 13.2 Å². The van der Waals surface area contributed by atoms with Gasteiger partial charge in [0.05, 0.1) is 5.56 Å². The van der Waals surface area contributed by atoms with Crippen LogP contribution in [-0.2, 0) is 12.6 Å². The molecule has 0 saturated heterocycles. The van der Waals surface area contributed by atoms with E-state index in [2.05, 4.69) is 0 Å². The number of benzene rings is 1. The van der Waals surface area contributed by atoms with Gasteiger partial charge in [0.15, 0.2) is 0 Å². The number of fused-ring (bicyclic) bond motifs is 1. The topological polar surface area (TPSA) is 26.0 Å². The maximum absolute atomic E-state index is 12.5. The number of rotatable bonds is 2. The third kappa shape index (κ3) is 2.05. The highest BCUT2D eigenvalue weighted by Crippen LogP contribution is 2.34. The smallest absolute Gasteiger partial charge is 0.330 e. The molecule has 1 aromatic carbocycles. The van der Waals surface area contributed by atoms with Gasteiger partial charge in [0.25, 0.3) is 0 Å². The van der Waals surface area contributed by atoms with Crippen LogP contribution in [0.5, 0.6) is 0 Å². The first-order chi connectivity index (χ1) is 7.52. The average Bonchev–Trinajstić information content (AvgIpc) is 2.60. The van der Waals surface area contributed by atoms with Gasteiger partial charge < -0.3 is 5.73 Å². The van der Waals surface area contributed by atoms with Crippen LogP contribution in [0.15, 0.2) is 23.6 Å². The van der Waals surface area contributed by atoms with Crippen molar-refractivity contribution in [2.24, 2.45) is 5.73 Å². The molecule has 1 heterocycles. The van der Waals surface area contributed by atoms with Crippen LogP contribution in [-0.4, -0.2) is 6.54 Å². The molecule has 0 atom stereocenters. The molecule has 0 saturated carbocycles. The molecule has 0 amide bonds. The van der Waals surface area contributed by atoms with Gasteiger partial charge in [-0.25, -0.2) is 0 Å². The van der Waals surface area contributed by atoms with Crippen LogP contribution in [0.1, 0.15) is 11.1 Å². The number of alkyl halides is 3. The Morgan fingerprint density at radius 2 is 2.00 bits per heavy atom. The van der Waals surface area contributed by atoms with Crippen molar-refractivity contribution < 1.29 is 13.2 Å². The number of hydrogen-bond donors (Lipinski definition) is 1. The minimum absolute atomic E-state index is 0.507. The Morgan fingerprint density at radius 3 is 2.62 bits per heavy atom. The van der Waals surface area contributed by atoms with Crippen molar-refractivity contribution in [3.05, 3.63) is 34.7 Å². The van der Waals surface area contributed by atoms with Crippen molar-refractivity contribution in [1.82, 2.24) is 0 Å². The zero-order valence-electron chi connectivity index (χ0n) is 8.34. The van der Waals surface area contributed by atoms with Gasteiger partial charge in [-0.05, 0) is 41.4 Å². The van der Waals surface area contributed by atoms with E-state index < -0.39 is 11.7 Å². The Bertz CT molecular complexity index is 501. The van der Waals surface area contributed by atoms with Crippen molar-refractivity contribution in [2.45, 2.75) is 12.6 Å². The summed E-state index contributed by atoms with van der Waals surface area (Å²) in [7, 11) is 0. The molecule has 2 N–H and O–H groups in total. The van der Waals surface area contributed by atoms with Gasteiger partial charge in [0, 0.05) is 4.70 Å². The SMILES string of the molecule is NCCc1csc2cc(C(F)(F)F)ccc12. The van der Waals surface area contributed by atoms with Gasteiger partial charge in [-0.1, -0.05) is 6.07 Å². The largest absolute Gasteiger partial charge is 0.416 e. The van der Waals surface area contributed by atoms with Crippen molar-refractivity contribution in [3.63, 3.8) is 0 Å². The minimum atomic E-state index is -4.27. The van der Waals surface area contributed by atoms with Crippen molar-refractivity contribution >= 4 is 21.4 Å². The van der Waals surface area contributed by atoms with Crippen molar-refractivity contribution in [3.8, 4) is 0 Å².